The molecule has 3 aromatic rings. The van der Waals surface area contributed by atoms with Crippen LogP contribution in [0, 0.1) is 6.92 Å². The van der Waals surface area contributed by atoms with Gasteiger partial charge < -0.3 is 15.5 Å². The summed E-state index contributed by atoms with van der Waals surface area (Å²) in [4.78, 5) is 11.2. The standard InChI is InChI=1S/C21H25N5/c1-5-16-8-6-7-9-19(16)24-20-14-15(2)22-21(25-20)23-17-10-12-18(13-11-17)26(3)4/h6-14H,5H2,1-4H3,(H2,22,23,24,25). The highest BCUT2D eigenvalue weighted by Crippen LogP contribution is 2.23. The molecule has 134 valence electrons. The van der Waals surface area contributed by atoms with Crippen molar-refractivity contribution >= 4 is 28.8 Å². The van der Waals surface area contributed by atoms with Crippen LogP contribution in [-0.4, -0.2) is 24.1 Å². The van der Waals surface area contributed by atoms with Crippen molar-refractivity contribution in [2.75, 3.05) is 29.6 Å². The van der Waals surface area contributed by atoms with Crippen LogP contribution < -0.4 is 15.5 Å². The van der Waals surface area contributed by atoms with Crippen molar-refractivity contribution < 1.29 is 0 Å². The maximum atomic E-state index is 4.61. The summed E-state index contributed by atoms with van der Waals surface area (Å²) in [7, 11) is 4.05. The first-order chi connectivity index (χ1) is 12.5. The van der Waals surface area contributed by atoms with Gasteiger partial charge in [0.1, 0.15) is 5.82 Å². The topological polar surface area (TPSA) is 53.1 Å². The first kappa shape index (κ1) is 17.7. The van der Waals surface area contributed by atoms with Gasteiger partial charge in [-0.25, -0.2) is 4.98 Å². The van der Waals surface area contributed by atoms with Crippen molar-refractivity contribution in [1.82, 2.24) is 9.97 Å². The molecule has 2 N–H and O–H groups in total. The lowest BCUT2D eigenvalue weighted by Gasteiger charge is -2.14. The third-order valence-electron chi connectivity index (χ3n) is 4.16. The van der Waals surface area contributed by atoms with E-state index in [1.165, 1.54) is 5.56 Å². The molecule has 0 unspecified atom stereocenters. The number of anilines is 5. The van der Waals surface area contributed by atoms with Crippen LogP contribution in [0.2, 0.25) is 0 Å². The monoisotopic (exact) mass is 347 g/mol. The molecule has 0 radical (unpaired) electrons. The second-order valence-electron chi connectivity index (χ2n) is 6.42. The van der Waals surface area contributed by atoms with E-state index in [2.05, 4.69) is 62.8 Å². The van der Waals surface area contributed by atoms with Crippen LogP contribution in [0.4, 0.5) is 28.8 Å². The Hall–Kier alpha value is -3.08. The van der Waals surface area contributed by atoms with Crippen LogP contribution in [0.3, 0.4) is 0 Å². The van der Waals surface area contributed by atoms with Crippen molar-refractivity contribution in [3.05, 3.63) is 65.9 Å². The highest BCUT2D eigenvalue weighted by Gasteiger charge is 2.06. The minimum atomic E-state index is 0.582. The highest BCUT2D eigenvalue weighted by molar-refractivity contribution is 5.64. The average Bonchev–Trinajstić information content (AvgIpc) is 2.62. The molecular formula is C21H25N5. The molecule has 3 rings (SSSR count). The molecule has 5 heteroatoms. The largest absolute Gasteiger partial charge is 0.378 e. The van der Waals surface area contributed by atoms with E-state index in [-0.39, 0.29) is 0 Å². The third-order valence-corrected chi connectivity index (χ3v) is 4.16. The van der Waals surface area contributed by atoms with Gasteiger partial charge in [0, 0.05) is 42.9 Å². The summed E-state index contributed by atoms with van der Waals surface area (Å²) in [5, 5.41) is 6.70. The third kappa shape index (κ3) is 4.30. The Bertz CT molecular complexity index is 872. The number of hydrogen-bond donors (Lipinski definition) is 2. The molecule has 0 amide bonds. The normalized spacial score (nSPS) is 10.5. The molecule has 0 aliphatic carbocycles. The fourth-order valence-corrected chi connectivity index (χ4v) is 2.75. The van der Waals surface area contributed by atoms with Crippen LogP contribution in [0.5, 0.6) is 0 Å². The Morgan fingerprint density at radius 2 is 1.65 bits per heavy atom. The molecule has 0 saturated heterocycles. The van der Waals surface area contributed by atoms with Crippen LogP contribution in [0.1, 0.15) is 18.2 Å². The zero-order valence-corrected chi connectivity index (χ0v) is 15.7. The molecule has 0 fully saturated rings. The Morgan fingerprint density at radius 3 is 2.35 bits per heavy atom. The van der Waals surface area contributed by atoms with Gasteiger partial charge in [-0.1, -0.05) is 25.1 Å². The Labute approximate surface area is 155 Å². The van der Waals surface area contributed by atoms with Gasteiger partial charge in [-0.3, -0.25) is 0 Å². The van der Waals surface area contributed by atoms with E-state index in [9.17, 15) is 0 Å². The Kier molecular flexibility index (Phi) is 5.37. The Morgan fingerprint density at radius 1 is 0.923 bits per heavy atom. The lowest BCUT2D eigenvalue weighted by Crippen LogP contribution is -2.08. The fraction of sp³-hybridized carbons (Fsp3) is 0.238. The van der Waals surface area contributed by atoms with Gasteiger partial charge in [-0.15, -0.1) is 0 Å². The van der Waals surface area contributed by atoms with Crippen LogP contribution in [0.15, 0.2) is 54.6 Å². The van der Waals surface area contributed by atoms with Gasteiger partial charge in [-0.2, -0.15) is 4.98 Å². The van der Waals surface area contributed by atoms with Gasteiger partial charge in [0.25, 0.3) is 0 Å². The van der Waals surface area contributed by atoms with Gasteiger partial charge in [0.15, 0.2) is 0 Å². The zero-order valence-electron chi connectivity index (χ0n) is 15.7. The number of nitrogens with one attached hydrogen (secondary N) is 2. The number of hydrogen-bond acceptors (Lipinski definition) is 5. The first-order valence-electron chi connectivity index (χ1n) is 8.80. The summed E-state index contributed by atoms with van der Waals surface area (Å²) in [6.45, 7) is 4.12. The summed E-state index contributed by atoms with van der Waals surface area (Å²) in [6, 6.07) is 18.4. The molecule has 1 aromatic heterocycles. The summed E-state index contributed by atoms with van der Waals surface area (Å²) in [6.07, 6.45) is 0.969. The summed E-state index contributed by atoms with van der Waals surface area (Å²) in [5.41, 5.74) is 5.36. The molecule has 0 bridgehead atoms. The number of aryl methyl sites for hydroxylation is 2. The average molecular weight is 347 g/mol. The number of para-hydroxylation sites is 1. The van der Waals surface area contributed by atoms with Crippen molar-refractivity contribution in [3.63, 3.8) is 0 Å². The quantitative estimate of drug-likeness (QED) is 0.664. The molecular weight excluding hydrogens is 322 g/mol. The van der Waals surface area contributed by atoms with Crippen molar-refractivity contribution in [2.45, 2.75) is 20.3 Å². The summed E-state index contributed by atoms with van der Waals surface area (Å²) in [5.74, 6) is 1.37. The molecule has 0 aliphatic heterocycles. The lowest BCUT2D eigenvalue weighted by molar-refractivity contribution is 1.10. The number of aromatic nitrogens is 2. The summed E-state index contributed by atoms with van der Waals surface area (Å²) < 4.78 is 0. The SMILES string of the molecule is CCc1ccccc1Nc1cc(C)nc(Nc2ccc(N(C)C)cc2)n1. The molecule has 1 heterocycles. The van der Waals surface area contributed by atoms with Gasteiger partial charge in [0.2, 0.25) is 5.95 Å². The number of benzene rings is 2. The molecule has 5 nitrogen and oxygen atoms in total. The van der Waals surface area contributed by atoms with Crippen molar-refractivity contribution in [2.24, 2.45) is 0 Å². The van der Waals surface area contributed by atoms with E-state index in [1.807, 2.05) is 45.3 Å². The summed E-state index contributed by atoms with van der Waals surface area (Å²) >= 11 is 0. The molecule has 0 saturated carbocycles. The van der Waals surface area contributed by atoms with Crippen molar-refractivity contribution in [1.29, 1.82) is 0 Å². The van der Waals surface area contributed by atoms with Gasteiger partial charge in [0.05, 0.1) is 0 Å². The maximum absolute atomic E-state index is 4.61. The lowest BCUT2D eigenvalue weighted by atomic mass is 10.1. The van der Waals surface area contributed by atoms with Crippen LogP contribution >= 0.6 is 0 Å². The van der Waals surface area contributed by atoms with Crippen LogP contribution in [-0.2, 0) is 6.42 Å². The fourth-order valence-electron chi connectivity index (χ4n) is 2.75. The van der Waals surface area contributed by atoms with E-state index in [0.717, 1.165) is 35.0 Å². The van der Waals surface area contributed by atoms with E-state index in [0.29, 0.717) is 5.95 Å². The Balaban J connectivity index is 1.81. The van der Waals surface area contributed by atoms with E-state index < -0.39 is 0 Å². The van der Waals surface area contributed by atoms with Crippen molar-refractivity contribution in [3.8, 4) is 0 Å². The molecule has 0 spiro atoms. The second-order valence-corrected chi connectivity index (χ2v) is 6.42. The minimum Gasteiger partial charge on any atom is -0.378 e. The molecule has 26 heavy (non-hydrogen) atoms. The van der Waals surface area contributed by atoms with Crippen LogP contribution in [0.25, 0.3) is 0 Å². The number of nitrogens with zero attached hydrogens (tertiary/aromatic N) is 3. The zero-order chi connectivity index (χ0) is 18.5. The van der Waals surface area contributed by atoms with E-state index >= 15 is 0 Å². The van der Waals surface area contributed by atoms with E-state index in [4.69, 9.17) is 0 Å². The van der Waals surface area contributed by atoms with E-state index in [1.54, 1.807) is 0 Å². The smallest absolute Gasteiger partial charge is 0.229 e. The minimum absolute atomic E-state index is 0.582. The van der Waals surface area contributed by atoms with Gasteiger partial charge in [-0.05, 0) is 49.2 Å². The first-order valence-corrected chi connectivity index (χ1v) is 8.80. The van der Waals surface area contributed by atoms with Gasteiger partial charge >= 0.3 is 0 Å². The number of rotatable bonds is 6. The second kappa shape index (κ2) is 7.87. The predicted octanol–water partition coefficient (Wildman–Crippen LogP) is 4.90. The molecule has 0 atom stereocenters. The molecule has 0 aliphatic rings. The highest BCUT2D eigenvalue weighted by atomic mass is 15.1. The molecule has 2 aromatic carbocycles. The maximum Gasteiger partial charge on any atom is 0.229 e. The predicted molar refractivity (Wildman–Crippen MR) is 110 cm³/mol.